The number of aliphatic hydroxyl groups excluding tert-OH is 1. The van der Waals surface area contributed by atoms with Crippen LogP contribution in [0.3, 0.4) is 0 Å². The van der Waals surface area contributed by atoms with Crippen LogP contribution < -0.4 is 33.9 Å². The minimum atomic E-state index is 0. The molecule has 0 unspecified atom stereocenters. The van der Waals surface area contributed by atoms with Crippen LogP contribution in [0.15, 0.2) is 61.1 Å². The second-order valence-corrected chi connectivity index (χ2v) is 3.94. The van der Waals surface area contributed by atoms with Gasteiger partial charge in [-0.25, -0.2) is 4.57 Å². The summed E-state index contributed by atoms with van der Waals surface area (Å²) in [6.45, 7) is 0.793. The molecule has 0 atom stereocenters. The first kappa shape index (κ1) is 15.7. The van der Waals surface area contributed by atoms with Gasteiger partial charge in [0.15, 0.2) is 18.9 Å². The molecule has 0 aliphatic heterocycles. The fourth-order valence-electron chi connectivity index (χ4n) is 1.61. The molecular weight excluding hydrogens is 351 g/mol. The highest BCUT2D eigenvalue weighted by Gasteiger charge is 1.96. The van der Waals surface area contributed by atoms with Crippen LogP contribution in [0.5, 0.6) is 0 Å². The van der Waals surface area contributed by atoms with Gasteiger partial charge in [0, 0.05) is 24.0 Å². The van der Waals surface area contributed by atoms with Crippen molar-refractivity contribution < 1.29 is 33.7 Å². The van der Waals surface area contributed by atoms with Crippen LogP contribution in [0.25, 0.3) is 6.08 Å². The number of benzene rings is 1. The molecule has 1 aromatic carbocycles. The first-order valence-corrected chi connectivity index (χ1v) is 5.96. The van der Waals surface area contributed by atoms with E-state index in [2.05, 4.69) is 5.32 Å². The number of nitrogens with one attached hydrogen (secondary N) is 1. The molecule has 0 saturated heterocycles. The maximum atomic E-state index is 8.81. The second-order valence-electron chi connectivity index (χ2n) is 3.94. The minimum absolute atomic E-state index is 0. The predicted octanol–water partition coefficient (Wildman–Crippen LogP) is -0.947. The van der Waals surface area contributed by atoms with Crippen LogP contribution in [-0.2, 0) is 6.54 Å². The monoisotopic (exact) mass is 368 g/mol. The molecule has 0 radical (unpaired) electrons. The molecule has 2 rings (SSSR count). The Labute approximate surface area is 130 Å². The number of para-hydroxylation sites is 1. The number of aromatic nitrogens is 1. The van der Waals surface area contributed by atoms with Crippen molar-refractivity contribution in [2.24, 2.45) is 0 Å². The first-order chi connectivity index (χ1) is 8.88. The van der Waals surface area contributed by atoms with E-state index in [1.54, 1.807) is 0 Å². The lowest BCUT2D eigenvalue weighted by Gasteiger charge is -1.99. The first-order valence-electron chi connectivity index (χ1n) is 5.96. The lowest BCUT2D eigenvalue weighted by atomic mass is 10.2. The predicted molar refractivity (Wildman–Crippen MR) is 72.8 cm³/mol. The number of aliphatic hydroxyl groups is 1. The van der Waals surface area contributed by atoms with Crippen LogP contribution >= 0.6 is 0 Å². The highest BCUT2D eigenvalue weighted by Crippen LogP contribution is 2.05. The largest absolute Gasteiger partial charge is 1.00 e. The Kier molecular flexibility index (Phi) is 7.14. The Bertz CT molecular complexity index is 497. The summed E-state index contributed by atoms with van der Waals surface area (Å²) >= 11 is 0. The number of hydrogen-bond acceptors (Lipinski definition) is 2. The van der Waals surface area contributed by atoms with Crippen molar-refractivity contribution in [1.29, 1.82) is 0 Å². The van der Waals surface area contributed by atoms with E-state index in [1.165, 1.54) is 0 Å². The van der Waals surface area contributed by atoms with Gasteiger partial charge >= 0.3 is 0 Å². The second kappa shape index (κ2) is 8.66. The summed E-state index contributed by atoms with van der Waals surface area (Å²) in [5, 5.41) is 12.0. The number of pyridine rings is 1. The lowest BCUT2D eigenvalue weighted by molar-refractivity contribution is -0.698. The topological polar surface area (TPSA) is 36.1 Å². The van der Waals surface area contributed by atoms with E-state index in [0.717, 1.165) is 11.3 Å². The Morgan fingerprint density at radius 3 is 2.37 bits per heavy atom. The van der Waals surface area contributed by atoms with Gasteiger partial charge in [0.05, 0.1) is 0 Å². The molecule has 19 heavy (non-hydrogen) atoms. The van der Waals surface area contributed by atoms with Crippen LogP contribution in [0.2, 0.25) is 0 Å². The zero-order valence-corrected chi connectivity index (χ0v) is 12.7. The smallest absolute Gasteiger partial charge is 0.171 e. The van der Waals surface area contributed by atoms with Crippen LogP contribution in [0.1, 0.15) is 5.56 Å². The summed E-state index contributed by atoms with van der Waals surface area (Å²) in [6.07, 6.45) is 7.84. The zero-order chi connectivity index (χ0) is 12.6. The maximum Gasteiger partial charge on any atom is 0.171 e. The van der Waals surface area contributed by atoms with E-state index < -0.39 is 0 Å². The Morgan fingerprint density at radius 2 is 1.74 bits per heavy atom. The normalized spacial score (nSPS) is 10.2. The standard InChI is InChI=1S/C15H16N2O.HI/c18-13-12-17-10-7-14(8-11-17)6-9-16-15-4-2-1-3-5-15;/h1-11,18H,12-13H2;1H. The molecule has 0 aliphatic rings. The molecule has 0 amide bonds. The van der Waals surface area contributed by atoms with Crippen molar-refractivity contribution in [2.75, 3.05) is 11.9 Å². The summed E-state index contributed by atoms with van der Waals surface area (Å²) in [5.74, 6) is 0. The summed E-state index contributed by atoms with van der Waals surface area (Å²) in [4.78, 5) is 0. The molecule has 0 bridgehead atoms. The molecule has 2 N–H and O–H groups in total. The number of anilines is 1. The van der Waals surface area contributed by atoms with Gasteiger partial charge in [0.2, 0.25) is 0 Å². The maximum absolute atomic E-state index is 8.81. The minimum Gasteiger partial charge on any atom is -1.00 e. The summed E-state index contributed by atoms with van der Waals surface area (Å²) in [5.41, 5.74) is 2.19. The van der Waals surface area contributed by atoms with Gasteiger partial charge in [-0.15, -0.1) is 0 Å². The highest BCUT2D eigenvalue weighted by atomic mass is 127. The third-order valence-corrected chi connectivity index (χ3v) is 2.57. The van der Waals surface area contributed by atoms with Crippen molar-refractivity contribution >= 4 is 11.8 Å². The highest BCUT2D eigenvalue weighted by molar-refractivity contribution is 5.54. The van der Waals surface area contributed by atoms with Crippen molar-refractivity contribution in [3.8, 4) is 0 Å². The SMILES string of the molecule is OCC[n+]1ccc(/C=C/Nc2ccccc2)cc1.[I-]. The Hall–Kier alpha value is -1.40. The van der Waals surface area contributed by atoms with Crippen molar-refractivity contribution in [3.63, 3.8) is 0 Å². The van der Waals surface area contributed by atoms with E-state index in [9.17, 15) is 0 Å². The lowest BCUT2D eigenvalue weighted by Crippen LogP contribution is -3.00. The van der Waals surface area contributed by atoms with Gasteiger partial charge < -0.3 is 34.4 Å². The molecule has 3 nitrogen and oxygen atoms in total. The summed E-state index contributed by atoms with van der Waals surface area (Å²) in [6, 6.07) is 14.0. The number of nitrogens with zero attached hydrogens (tertiary/aromatic N) is 1. The van der Waals surface area contributed by atoms with Gasteiger partial charge in [-0.2, -0.15) is 0 Å². The summed E-state index contributed by atoms with van der Waals surface area (Å²) in [7, 11) is 0. The van der Waals surface area contributed by atoms with Gasteiger partial charge in [0.1, 0.15) is 6.61 Å². The van der Waals surface area contributed by atoms with E-state index in [1.807, 2.05) is 71.7 Å². The number of rotatable bonds is 5. The van der Waals surface area contributed by atoms with E-state index >= 15 is 0 Å². The van der Waals surface area contributed by atoms with E-state index in [0.29, 0.717) is 6.54 Å². The quantitative estimate of drug-likeness (QED) is 0.528. The Morgan fingerprint density at radius 1 is 1.05 bits per heavy atom. The molecule has 0 fully saturated rings. The van der Waals surface area contributed by atoms with E-state index in [4.69, 9.17) is 5.11 Å². The number of hydrogen-bond donors (Lipinski definition) is 2. The van der Waals surface area contributed by atoms with Crippen molar-refractivity contribution in [1.82, 2.24) is 0 Å². The molecule has 0 spiro atoms. The van der Waals surface area contributed by atoms with Gasteiger partial charge in [0.25, 0.3) is 0 Å². The van der Waals surface area contributed by atoms with Crippen molar-refractivity contribution in [3.05, 3.63) is 66.6 Å². The molecular formula is C15H17IN2O. The number of halogens is 1. The Balaban J connectivity index is 0.00000180. The molecule has 2 aromatic rings. The average Bonchev–Trinajstić information content (AvgIpc) is 2.42. The van der Waals surface area contributed by atoms with Crippen molar-refractivity contribution in [2.45, 2.75) is 6.54 Å². The third-order valence-electron chi connectivity index (χ3n) is 2.57. The zero-order valence-electron chi connectivity index (χ0n) is 10.5. The van der Waals surface area contributed by atoms with E-state index in [-0.39, 0.29) is 30.6 Å². The van der Waals surface area contributed by atoms with Crippen LogP contribution in [0, 0.1) is 0 Å². The molecule has 4 heteroatoms. The fourth-order valence-corrected chi connectivity index (χ4v) is 1.61. The molecule has 1 aromatic heterocycles. The van der Waals surface area contributed by atoms with Gasteiger partial charge in [-0.1, -0.05) is 18.2 Å². The summed E-state index contributed by atoms with van der Waals surface area (Å²) < 4.78 is 1.95. The molecule has 0 aliphatic carbocycles. The van der Waals surface area contributed by atoms with Gasteiger partial charge in [-0.3, -0.25) is 0 Å². The van der Waals surface area contributed by atoms with Gasteiger partial charge in [-0.05, 0) is 23.8 Å². The van der Waals surface area contributed by atoms with Crippen LogP contribution in [-0.4, -0.2) is 11.7 Å². The molecule has 100 valence electrons. The molecule has 0 saturated carbocycles. The third kappa shape index (κ3) is 5.40. The average molecular weight is 368 g/mol. The fraction of sp³-hybridized carbons (Fsp3) is 0.133. The molecule has 1 heterocycles. The van der Waals surface area contributed by atoms with Crippen LogP contribution in [0.4, 0.5) is 5.69 Å².